The molecule has 0 aliphatic rings. The lowest BCUT2D eigenvalue weighted by atomic mass is 9.79. The smallest absolute Gasteiger partial charge is 0.0760 e. The Hall–Kier alpha value is -1.34. The molecule has 1 aromatic carbocycles. The van der Waals surface area contributed by atoms with Crippen LogP contribution in [0.2, 0.25) is 0 Å². The average Bonchev–Trinajstić information content (AvgIpc) is 2.57. The third kappa shape index (κ3) is 6.74. The van der Waals surface area contributed by atoms with Crippen LogP contribution in [0.25, 0.3) is 0 Å². The molecule has 0 bridgehead atoms. The molecule has 3 atom stereocenters. The van der Waals surface area contributed by atoms with E-state index in [0.717, 1.165) is 25.7 Å². The SMILES string of the molecule is C=C[C@@H](c1ccccc1)[C@H](CCCC)[C@@H](O)/C=C(\C)CCCC. The Bertz CT molecular complexity index is 460. The number of rotatable bonds is 11. The van der Waals surface area contributed by atoms with E-state index >= 15 is 0 Å². The van der Waals surface area contributed by atoms with Crippen molar-refractivity contribution in [3.05, 3.63) is 60.2 Å². The first-order valence-corrected chi connectivity index (χ1v) is 9.16. The lowest BCUT2D eigenvalue weighted by Crippen LogP contribution is -2.25. The molecule has 0 spiro atoms. The Morgan fingerprint density at radius 3 is 2.35 bits per heavy atom. The molecule has 23 heavy (non-hydrogen) atoms. The van der Waals surface area contributed by atoms with Gasteiger partial charge in [-0.05, 0) is 37.7 Å². The lowest BCUT2D eigenvalue weighted by Gasteiger charge is -2.28. The van der Waals surface area contributed by atoms with E-state index in [0.29, 0.717) is 0 Å². The van der Waals surface area contributed by atoms with Crippen LogP contribution in [0, 0.1) is 5.92 Å². The van der Waals surface area contributed by atoms with Crippen LogP contribution >= 0.6 is 0 Å². The van der Waals surface area contributed by atoms with Crippen LogP contribution < -0.4 is 0 Å². The summed E-state index contributed by atoms with van der Waals surface area (Å²) in [5.74, 6) is 0.402. The van der Waals surface area contributed by atoms with Gasteiger partial charge in [0.2, 0.25) is 0 Å². The van der Waals surface area contributed by atoms with Gasteiger partial charge in [-0.1, -0.05) is 81.2 Å². The Labute approximate surface area is 143 Å². The van der Waals surface area contributed by atoms with Gasteiger partial charge >= 0.3 is 0 Å². The van der Waals surface area contributed by atoms with Gasteiger partial charge in [0.15, 0.2) is 0 Å². The molecule has 1 aromatic rings. The predicted octanol–water partition coefficient (Wildman–Crippen LogP) is 6.26. The molecule has 0 saturated heterocycles. The zero-order valence-corrected chi connectivity index (χ0v) is 15.2. The fraction of sp³-hybridized carbons (Fsp3) is 0.545. The van der Waals surface area contributed by atoms with Crippen molar-refractivity contribution in [2.24, 2.45) is 5.92 Å². The van der Waals surface area contributed by atoms with E-state index in [4.69, 9.17) is 0 Å². The molecule has 0 saturated carbocycles. The third-order valence-corrected chi connectivity index (χ3v) is 4.61. The summed E-state index contributed by atoms with van der Waals surface area (Å²) in [5.41, 5.74) is 2.55. The molecule has 0 unspecified atom stereocenters. The first kappa shape index (κ1) is 19.7. The number of hydrogen-bond acceptors (Lipinski definition) is 1. The Kier molecular flexibility index (Phi) is 9.63. The van der Waals surface area contributed by atoms with Crippen molar-refractivity contribution in [3.63, 3.8) is 0 Å². The average molecular weight is 315 g/mol. The standard InChI is InChI=1S/C22H34O/c1-5-8-13-18(4)17-22(23)21(16-9-6-2)20(7-3)19-14-11-10-12-15-19/h7,10-12,14-15,17,20-23H,3,5-6,8-9,13,16H2,1-2,4H3/b18-17+/t20-,21-,22-/m0/s1. The molecule has 1 rings (SSSR count). The summed E-state index contributed by atoms with van der Waals surface area (Å²) < 4.78 is 0. The summed E-state index contributed by atoms with van der Waals surface area (Å²) in [7, 11) is 0. The van der Waals surface area contributed by atoms with Crippen LogP contribution in [0.4, 0.5) is 0 Å². The summed E-state index contributed by atoms with van der Waals surface area (Å²) in [4.78, 5) is 0. The molecule has 0 aliphatic heterocycles. The zero-order chi connectivity index (χ0) is 17.1. The monoisotopic (exact) mass is 314 g/mol. The van der Waals surface area contributed by atoms with Crippen LogP contribution in [-0.2, 0) is 0 Å². The highest BCUT2D eigenvalue weighted by molar-refractivity contribution is 5.25. The Morgan fingerprint density at radius 2 is 1.78 bits per heavy atom. The molecule has 0 aromatic heterocycles. The molecule has 1 N–H and O–H groups in total. The molecule has 0 fully saturated rings. The minimum atomic E-state index is -0.401. The fourth-order valence-electron chi connectivity index (χ4n) is 3.19. The second-order valence-corrected chi connectivity index (χ2v) is 6.59. The minimum absolute atomic E-state index is 0.200. The fourth-order valence-corrected chi connectivity index (χ4v) is 3.19. The maximum Gasteiger partial charge on any atom is 0.0760 e. The largest absolute Gasteiger partial charge is 0.389 e. The van der Waals surface area contributed by atoms with Crippen molar-refractivity contribution >= 4 is 0 Å². The van der Waals surface area contributed by atoms with E-state index < -0.39 is 6.10 Å². The van der Waals surface area contributed by atoms with Gasteiger partial charge < -0.3 is 5.11 Å². The highest BCUT2D eigenvalue weighted by Crippen LogP contribution is 2.33. The number of benzene rings is 1. The highest BCUT2D eigenvalue weighted by Gasteiger charge is 2.26. The number of hydrogen-bond donors (Lipinski definition) is 1. The topological polar surface area (TPSA) is 20.2 Å². The maximum absolute atomic E-state index is 10.8. The summed E-state index contributed by atoms with van der Waals surface area (Å²) in [6.45, 7) is 10.6. The van der Waals surface area contributed by atoms with Crippen LogP contribution in [-0.4, -0.2) is 11.2 Å². The van der Waals surface area contributed by atoms with Gasteiger partial charge in [-0.2, -0.15) is 0 Å². The lowest BCUT2D eigenvalue weighted by molar-refractivity contribution is 0.134. The van der Waals surface area contributed by atoms with E-state index in [1.165, 1.54) is 24.0 Å². The van der Waals surface area contributed by atoms with Gasteiger partial charge in [0, 0.05) is 5.92 Å². The third-order valence-electron chi connectivity index (χ3n) is 4.61. The van der Waals surface area contributed by atoms with Gasteiger partial charge in [0.25, 0.3) is 0 Å². The van der Waals surface area contributed by atoms with Gasteiger partial charge in [-0.3, -0.25) is 0 Å². The van der Waals surface area contributed by atoms with Crippen LogP contribution in [0.5, 0.6) is 0 Å². The molecule has 0 aliphatic carbocycles. The predicted molar refractivity (Wildman–Crippen MR) is 102 cm³/mol. The summed E-state index contributed by atoms with van der Waals surface area (Å²) in [5, 5.41) is 10.8. The van der Waals surface area contributed by atoms with Gasteiger partial charge in [-0.25, -0.2) is 0 Å². The van der Waals surface area contributed by atoms with Gasteiger partial charge in [0.1, 0.15) is 0 Å². The van der Waals surface area contributed by atoms with Crippen LogP contribution in [0.3, 0.4) is 0 Å². The first-order chi connectivity index (χ1) is 11.1. The highest BCUT2D eigenvalue weighted by atomic mass is 16.3. The van der Waals surface area contributed by atoms with E-state index in [1.54, 1.807) is 0 Å². The molecule has 1 nitrogen and oxygen atoms in total. The number of aliphatic hydroxyl groups is 1. The normalized spacial score (nSPS) is 15.9. The number of unbranched alkanes of at least 4 members (excludes halogenated alkanes) is 2. The molecule has 1 heteroatoms. The van der Waals surface area contributed by atoms with Gasteiger partial charge in [-0.15, -0.1) is 6.58 Å². The summed E-state index contributed by atoms with van der Waals surface area (Å²) in [6, 6.07) is 10.5. The van der Waals surface area contributed by atoms with E-state index in [2.05, 4.69) is 57.7 Å². The Balaban J connectivity index is 2.94. The van der Waals surface area contributed by atoms with E-state index in [-0.39, 0.29) is 11.8 Å². The van der Waals surface area contributed by atoms with Gasteiger partial charge in [0.05, 0.1) is 6.10 Å². The van der Waals surface area contributed by atoms with Crippen molar-refractivity contribution in [1.82, 2.24) is 0 Å². The summed E-state index contributed by atoms with van der Waals surface area (Å²) >= 11 is 0. The summed E-state index contributed by atoms with van der Waals surface area (Å²) in [6.07, 6.45) is 10.5. The quantitative estimate of drug-likeness (QED) is 0.478. The zero-order valence-electron chi connectivity index (χ0n) is 15.2. The van der Waals surface area contributed by atoms with Crippen LogP contribution in [0.15, 0.2) is 54.6 Å². The second kappa shape index (κ2) is 11.2. The van der Waals surface area contributed by atoms with Crippen molar-refractivity contribution in [2.75, 3.05) is 0 Å². The van der Waals surface area contributed by atoms with Crippen molar-refractivity contribution in [2.45, 2.75) is 71.3 Å². The first-order valence-electron chi connectivity index (χ1n) is 9.16. The van der Waals surface area contributed by atoms with Crippen molar-refractivity contribution in [1.29, 1.82) is 0 Å². The maximum atomic E-state index is 10.8. The van der Waals surface area contributed by atoms with Crippen LogP contribution in [0.1, 0.15) is 70.8 Å². The molecule has 0 radical (unpaired) electrons. The van der Waals surface area contributed by atoms with Crippen molar-refractivity contribution < 1.29 is 5.11 Å². The van der Waals surface area contributed by atoms with Crippen molar-refractivity contribution in [3.8, 4) is 0 Å². The minimum Gasteiger partial charge on any atom is -0.389 e. The number of allylic oxidation sites excluding steroid dienone is 2. The number of aliphatic hydroxyl groups excluding tert-OH is 1. The van der Waals surface area contributed by atoms with E-state index in [1.807, 2.05) is 12.1 Å². The molecule has 0 amide bonds. The molecule has 128 valence electrons. The molecule has 0 heterocycles. The van der Waals surface area contributed by atoms with E-state index in [9.17, 15) is 5.11 Å². The Morgan fingerprint density at radius 1 is 1.13 bits per heavy atom. The second-order valence-electron chi connectivity index (χ2n) is 6.59. The molecular formula is C22H34O. The molecular weight excluding hydrogens is 280 g/mol.